The van der Waals surface area contributed by atoms with E-state index in [1.807, 2.05) is 12.2 Å². The van der Waals surface area contributed by atoms with E-state index in [1.54, 1.807) is 0 Å². The first-order valence-corrected chi connectivity index (χ1v) is 10.1. The average Bonchev–Trinajstić information content (AvgIpc) is 2.87. The van der Waals surface area contributed by atoms with Crippen molar-refractivity contribution in [2.45, 2.75) is 69.5 Å². The molecule has 1 aliphatic heterocycles. The first-order valence-electron chi connectivity index (χ1n) is 10.1. The van der Waals surface area contributed by atoms with Crippen molar-refractivity contribution in [3.8, 4) is 0 Å². The summed E-state index contributed by atoms with van der Waals surface area (Å²) in [5.41, 5.74) is -6.77. The molecule has 1 amide bonds. The van der Waals surface area contributed by atoms with Gasteiger partial charge in [-0.3, -0.25) is 19.5 Å². The summed E-state index contributed by atoms with van der Waals surface area (Å²) in [6.07, 6.45) is -4.11. The summed E-state index contributed by atoms with van der Waals surface area (Å²) < 4.78 is 25.2. The number of aliphatic hydroxyl groups is 2. The molecule has 0 bridgehead atoms. The summed E-state index contributed by atoms with van der Waals surface area (Å²) in [5, 5.41) is 42.2. The van der Waals surface area contributed by atoms with Gasteiger partial charge in [-0.2, -0.15) is 4.98 Å². The van der Waals surface area contributed by atoms with Crippen molar-refractivity contribution in [3.05, 3.63) is 22.5 Å². The molecular formula is C19H26FN3O10. The minimum absolute atomic E-state index is 0.0660. The molecule has 33 heavy (non-hydrogen) atoms. The molecule has 184 valence electrons. The number of carboxylic acid groups (broad SMARTS) is 2. The Morgan fingerprint density at radius 2 is 1.82 bits per heavy atom. The summed E-state index contributed by atoms with van der Waals surface area (Å²) in [5.74, 6) is -5.27. The van der Waals surface area contributed by atoms with Crippen LogP contribution in [0.25, 0.3) is 0 Å². The number of unbranched alkanes of at least 4 members (excludes halogenated alkanes) is 2. The Bertz CT molecular complexity index is 970. The normalized spacial score (nSPS) is 26.7. The second kappa shape index (κ2) is 10.2. The number of hydrogen-bond acceptors (Lipinski definition) is 9. The Labute approximate surface area is 186 Å². The maximum Gasteiger partial charge on any atom is 0.412 e. The summed E-state index contributed by atoms with van der Waals surface area (Å²) in [7, 11) is 0. The fourth-order valence-electron chi connectivity index (χ4n) is 3.63. The van der Waals surface area contributed by atoms with Crippen molar-refractivity contribution in [1.82, 2.24) is 9.55 Å². The molecule has 1 aromatic rings. The number of rotatable bonds is 10. The van der Waals surface area contributed by atoms with E-state index >= 15 is 0 Å². The van der Waals surface area contributed by atoms with E-state index in [4.69, 9.17) is 14.6 Å². The van der Waals surface area contributed by atoms with Crippen LogP contribution in [0.3, 0.4) is 0 Å². The van der Waals surface area contributed by atoms with Crippen LogP contribution in [0.15, 0.2) is 11.0 Å². The number of nitrogens with zero attached hydrogens (tertiary/aromatic N) is 2. The zero-order valence-corrected chi connectivity index (χ0v) is 18.0. The highest BCUT2D eigenvalue weighted by atomic mass is 19.1. The van der Waals surface area contributed by atoms with Crippen LogP contribution in [0.2, 0.25) is 0 Å². The predicted molar refractivity (Wildman–Crippen MR) is 107 cm³/mol. The lowest BCUT2D eigenvalue weighted by atomic mass is 9.76. The number of aromatic nitrogens is 2. The van der Waals surface area contributed by atoms with E-state index in [-0.39, 0.29) is 6.61 Å². The molecule has 0 aromatic carbocycles. The molecule has 5 N–H and O–H groups in total. The van der Waals surface area contributed by atoms with Gasteiger partial charge >= 0.3 is 23.7 Å². The van der Waals surface area contributed by atoms with Gasteiger partial charge in [0.25, 0.3) is 0 Å². The van der Waals surface area contributed by atoms with Gasteiger partial charge in [0, 0.05) is 0 Å². The van der Waals surface area contributed by atoms with Crippen LogP contribution >= 0.6 is 0 Å². The number of carboxylic acids is 2. The van der Waals surface area contributed by atoms with Crippen molar-refractivity contribution >= 4 is 23.8 Å². The highest BCUT2D eigenvalue weighted by Gasteiger charge is 2.66. The van der Waals surface area contributed by atoms with Crippen LogP contribution < -0.4 is 11.0 Å². The zero-order valence-electron chi connectivity index (χ0n) is 18.0. The van der Waals surface area contributed by atoms with Gasteiger partial charge in [-0.1, -0.05) is 19.8 Å². The number of carbonyl (C=O) groups excluding carboxylic acids is 1. The molecule has 0 aliphatic carbocycles. The highest BCUT2D eigenvalue weighted by Crippen LogP contribution is 2.49. The number of ether oxygens (including phenoxy) is 2. The molecule has 1 aliphatic rings. The average molecular weight is 475 g/mol. The number of carbonyl (C=O) groups is 3. The number of anilines is 1. The van der Waals surface area contributed by atoms with Gasteiger partial charge in [0.15, 0.2) is 23.5 Å². The third kappa shape index (κ3) is 5.46. The second-order valence-electron chi connectivity index (χ2n) is 7.72. The largest absolute Gasteiger partial charge is 0.481 e. The van der Waals surface area contributed by atoms with E-state index in [9.17, 15) is 38.9 Å². The number of halogens is 1. The van der Waals surface area contributed by atoms with Crippen molar-refractivity contribution in [3.63, 3.8) is 0 Å². The topological polar surface area (TPSA) is 198 Å². The molecule has 2 heterocycles. The molecule has 1 saturated heterocycles. The van der Waals surface area contributed by atoms with Crippen molar-refractivity contribution < 1.29 is 48.7 Å². The first-order chi connectivity index (χ1) is 15.4. The molecule has 2 rings (SSSR count). The third-order valence-corrected chi connectivity index (χ3v) is 5.37. The van der Waals surface area contributed by atoms with Crippen LogP contribution in [0.1, 0.15) is 52.2 Å². The fraction of sp³-hybridized carbons (Fsp3) is 0.632. The lowest BCUT2D eigenvalue weighted by Crippen LogP contribution is -2.60. The van der Waals surface area contributed by atoms with Crippen LogP contribution in [-0.2, 0) is 19.1 Å². The van der Waals surface area contributed by atoms with Gasteiger partial charge in [0.1, 0.15) is 5.60 Å². The van der Waals surface area contributed by atoms with Gasteiger partial charge in [0.05, 0.1) is 31.7 Å². The zero-order chi connectivity index (χ0) is 25.0. The maximum absolute atomic E-state index is 14.6. The molecule has 13 nitrogen and oxygen atoms in total. The molecule has 0 saturated carbocycles. The first kappa shape index (κ1) is 26.2. The monoisotopic (exact) mass is 475 g/mol. The van der Waals surface area contributed by atoms with Crippen molar-refractivity contribution in [1.29, 1.82) is 0 Å². The summed E-state index contributed by atoms with van der Waals surface area (Å²) in [6.45, 7) is 3.18. The summed E-state index contributed by atoms with van der Waals surface area (Å²) >= 11 is 0. The van der Waals surface area contributed by atoms with Crippen LogP contribution in [-0.4, -0.2) is 71.9 Å². The minimum atomic E-state index is -2.85. The molecular weight excluding hydrogens is 449 g/mol. The second-order valence-corrected chi connectivity index (χ2v) is 7.72. The molecule has 4 unspecified atom stereocenters. The predicted octanol–water partition coefficient (Wildman–Crippen LogP) is 0.450. The van der Waals surface area contributed by atoms with E-state index in [1.165, 1.54) is 0 Å². The van der Waals surface area contributed by atoms with Crippen molar-refractivity contribution in [2.75, 3.05) is 11.9 Å². The van der Waals surface area contributed by atoms with Crippen LogP contribution in [0, 0.1) is 5.82 Å². The quantitative estimate of drug-likeness (QED) is 0.294. The standard InChI is InChI=1S/C19H26FN3O10/c1-3-4-5-6-32-17(29)22-14-11(20)9-23(16(28)21-14)15-19(31,8-13(26)27)18(30,7-12(24)25)10(2)33-15/h9-10,15,30-31H,3-8H2,1-2H3,(H,24,25)(H,26,27)(H,21,22,28,29). The highest BCUT2D eigenvalue weighted by molar-refractivity contribution is 5.83. The van der Waals surface area contributed by atoms with Gasteiger partial charge in [-0.05, 0) is 13.3 Å². The molecule has 4 atom stereocenters. The SMILES string of the molecule is CCCCCOC(=O)Nc1nc(=O)n(C2OC(C)C(O)(CC(=O)O)C2(O)CC(=O)O)cc1F. The maximum atomic E-state index is 14.6. The van der Waals surface area contributed by atoms with Crippen LogP contribution in [0.5, 0.6) is 0 Å². The third-order valence-electron chi connectivity index (χ3n) is 5.37. The Hall–Kier alpha value is -3.10. The molecule has 1 aromatic heterocycles. The lowest BCUT2D eigenvalue weighted by molar-refractivity contribution is -0.184. The Kier molecular flexibility index (Phi) is 8.11. The van der Waals surface area contributed by atoms with E-state index in [0.29, 0.717) is 17.2 Å². The Morgan fingerprint density at radius 1 is 1.21 bits per heavy atom. The summed E-state index contributed by atoms with van der Waals surface area (Å²) in [6, 6.07) is 0. The van der Waals surface area contributed by atoms with E-state index in [0.717, 1.165) is 19.8 Å². The molecule has 1 fully saturated rings. The van der Waals surface area contributed by atoms with Gasteiger partial charge in [-0.25, -0.2) is 14.0 Å². The molecule has 0 radical (unpaired) electrons. The number of hydrogen-bond donors (Lipinski definition) is 5. The van der Waals surface area contributed by atoms with Gasteiger partial charge < -0.3 is 29.9 Å². The summed E-state index contributed by atoms with van der Waals surface area (Å²) in [4.78, 5) is 50.3. The number of aliphatic carboxylic acids is 2. The van der Waals surface area contributed by atoms with Gasteiger partial charge in [0.2, 0.25) is 0 Å². The smallest absolute Gasteiger partial charge is 0.412 e. The van der Waals surface area contributed by atoms with Crippen LogP contribution in [0.4, 0.5) is 15.0 Å². The number of nitrogens with one attached hydrogen (secondary N) is 1. The number of amides is 1. The van der Waals surface area contributed by atoms with Gasteiger partial charge in [-0.15, -0.1) is 0 Å². The Morgan fingerprint density at radius 3 is 2.39 bits per heavy atom. The fourth-order valence-corrected chi connectivity index (χ4v) is 3.63. The van der Waals surface area contributed by atoms with Crippen molar-refractivity contribution in [2.24, 2.45) is 0 Å². The minimum Gasteiger partial charge on any atom is -0.481 e. The lowest BCUT2D eigenvalue weighted by Gasteiger charge is -2.38. The molecule has 0 spiro atoms. The van der Waals surface area contributed by atoms with E-state index in [2.05, 4.69) is 4.98 Å². The molecule has 14 heteroatoms. The Balaban J connectivity index is 2.37. The van der Waals surface area contributed by atoms with E-state index < -0.39 is 71.7 Å².